The highest BCUT2D eigenvalue weighted by Gasteiger charge is 2.37. The Morgan fingerprint density at radius 1 is 0.633 bits per heavy atom. The average Bonchev–Trinajstić information content (AvgIpc) is 3.04. The molecule has 2 heterocycles. The van der Waals surface area contributed by atoms with E-state index in [2.05, 4.69) is 15.2 Å². The van der Waals surface area contributed by atoms with E-state index in [1.165, 1.54) is 0 Å². The average molecular weight is 394 g/mol. The van der Waals surface area contributed by atoms with E-state index in [1.807, 2.05) is 18.2 Å². The number of carbonyl (C=O) groups is 2. The fourth-order valence-corrected chi connectivity index (χ4v) is 3.52. The number of hydrogen-bond acceptors (Lipinski definition) is 5. The van der Waals surface area contributed by atoms with Gasteiger partial charge in [0.15, 0.2) is 11.5 Å². The fourth-order valence-electron chi connectivity index (χ4n) is 3.52. The third kappa shape index (κ3) is 2.72. The number of nitrogens with zero attached hydrogens (tertiary/aromatic N) is 3. The van der Waals surface area contributed by atoms with Crippen molar-refractivity contribution in [1.82, 2.24) is 15.2 Å². The molecule has 2 amide bonds. The topological polar surface area (TPSA) is 96.0 Å². The Kier molecular flexibility index (Phi) is 4.07. The lowest BCUT2D eigenvalue weighted by Crippen LogP contribution is -2.30. The largest absolute Gasteiger partial charge is 0.303 e. The van der Waals surface area contributed by atoms with Gasteiger partial charge in [-0.3, -0.25) is 14.4 Å². The van der Waals surface area contributed by atoms with Gasteiger partial charge in [0.05, 0.1) is 16.8 Å². The molecule has 1 aromatic heterocycles. The normalized spacial score (nSPS) is 12.9. The summed E-state index contributed by atoms with van der Waals surface area (Å²) in [6.45, 7) is 0. The maximum absolute atomic E-state index is 12.9. The Hall–Kier alpha value is -4.39. The number of aromatic amines is 1. The number of para-hydroxylation sites is 1. The Labute approximate surface area is 170 Å². The van der Waals surface area contributed by atoms with Crippen molar-refractivity contribution in [2.24, 2.45) is 0 Å². The number of rotatable bonds is 3. The Balaban J connectivity index is 1.61. The highest BCUT2D eigenvalue weighted by atomic mass is 16.2. The molecule has 30 heavy (non-hydrogen) atoms. The number of H-pyrrole nitrogens is 1. The minimum absolute atomic E-state index is 0.173. The van der Waals surface area contributed by atoms with E-state index in [9.17, 15) is 14.4 Å². The first-order chi connectivity index (χ1) is 14.6. The summed E-state index contributed by atoms with van der Waals surface area (Å²) in [5.41, 5.74) is 1.87. The molecule has 0 saturated heterocycles. The van der Waals surface area contributed by atoms with Crippen molar-refractivity contribution in [1.29, 1.82) is 0 Å². The Morgan fingerprint density at radius 2 is 1.20 bits per heavy atom. The molecule has 7 heteroatoms. The number of imide groups is 1. The van der Waals surface area contributed by atoms with E-state index in [1.54, 1.807) is 60.7 Å². The van der Waals surface area contributed by atoms with Gasteiger partial charge in [-0.15, -0.1) is 10.2 Å². The third-order valence-corrected chi connectivity index (χ3v) is 4.94. The molecule has 1 aliphatic heterocycles. The molecule has 0 atom stereocenters. The Bertz CT molecular complexity index is 1330. The van der Waals surface area contributed by atoms with Gasteiger partial charge in [0.1, 0.15) is 0 Å². The molecular formula is C23H14N4O3. The van der Waals surface area contributed by atoms with Gasteiger partial charge in [-0.1, -0.05) is 54.6 Å². The molecule has 3 aromatic carbocycles. The first kappa shape index (κ1) is 17.7. The summed E-state index contributed by atoms with van der Waals surface area (Å²) in [6.07, 6.45) is 0. The molecule has 144 valence electrons. The van der Waals surface area contributed by atoms with Crippen LogP contribution < -0.4 is 10.5 Å². The summed E-state index contributed by atoms with van der Waals surface area (Å²) < 4.78 is 0. The van der Waals surface area contributed by atoms with Gasteiger partial charge in [0.2, 0.25) is 0 Å². The van der Waals surface area contributed by atoms with Crippen LogP contribution in [0.4, 0.5) is 5.69 Å². The highest BCUT2D eigenvalue weighted by molar-refractivity contribution is 6.35. The third-order valence-electron chi connectivity index (χ3n) is 4.94. The lowest BCUT2D eigenvalue weighted by atomic mass is 10.1. The quantitative estimate of drug-likeness (QED) is 0.538. The predicted molar refractivity (Wildman–Crippen MR) is 111 cm³/mol. The van der Waals surface area contributed by atoms with Crippen LogP contribution in [0, 0.1) is 0 Å². The van der Waals surface area contributed by atoms with Gasteiger partial charge in [0.25, 0.3) is 17.4 Å². The van der Waals surface area contributed by atoms with Crippen LogP contribution in [-0.2, 0) is 0 Å². The van der Waals surface area contributed by atoms with Gasteiger partial charge in [0, 0.05) is 11.1 Å². The minimum atomic E-state index is -0.417. The van der Waals surface area contributed by atoms with Crippen LogP contribution >= 0.6 is 0 Å². The van der Waals surface area contributed by atoms with E-state index in [4.69, 9.17) is 0 Å². The molecule has 0 unspecified atom stereocenters. The summed E-state index contributed by atoms with van der Waals surface area (Å²) in [5, 5.41) is 8.25. The predicted octanol–water partition coefficient (Wildman–Crippen LogP) is 3.30. The monoisotopic (exact) mass is 394 g/mol. The molecule has 1 N–H and O–H groups in total. The molecule has 5 rings (SSSR count). The van der Waals surface area contributed by atoms with Crippen LogP contribution in [0.25, 0.3) is 22.6 Å². The van der Waals surface area contributed by atoms with Crippen LogP contribution in [0.1, 0.15) is 20.7 Å². The molecule has 0 aliphatic carbocycles. The number of amides is 2. The molecule has 4 aromatic rings. The van der Waals surface area contributed by atoms with E-state index < -0.39 is 17.4 Å². The van der Waals surface area contributed by atoms with Crippen molar-refractivity contribution in [3.05, 3.63) is 100 Å². The van der Waals surface area contributed by atoms with Gasteiger partial charge >= 0.3 is 0 Å². The number of fused-ring (bicyclic) bond motifs is 1. The molecular weight excluding hydrogens is 380 g/mol. The van der Waals surface area contributed by atoms with E-state index in [-0.39, 0.29) is 11.5 Å². The van der Waals surface area contributed by atoms with Crippen molar-refractivity contribution in [2.75, 3.05) is 4.90 Å². The number of nitrogens with one attached hydrogen (secondary N) is 1. The van der Waals surface area contributed by atoms with Crippen LogP contribution in [0.15, 0.2) is 83.7 Å². The molecule has 0 fully saturated rings. The summed E-state index contributed by atoms with van der Waals surface area (Å²) in [5.74, 6) is -0.662. The number of benzene rings is 3. The minimum Gasteiger partial charge on any atom is -0.303 e. The highest BCUT2D eigenvalue weighted by Crippen LogP contribution is 2.34. The van der Waals surface area contributed by atoms with Crippen molar-refractivity contribution < 1.29 is 9.59 Å². The molecule has 0 radical (unpaired) electrons. The summed E-state index contributed by atoms with van der Waals surface area (Å²) in [4.78, 5) is 42.3. The van der Waals surface area contributed by atoms with Crippen molar-refractivity contribution in [3.63, 3.8) is 0 Å². The van der Waals surface area contributed by atoms with Gasteiger partial charge < -0.3 is 4.98 Å². The number of carbonyl (C=O) groups excluding carboxylic acids is 2. The lowest BCUT2D eigenvalue weighted by Gasteiger charge is -2.17. The Morgan fingerprint density at radius 3 is 1.83 bits per heavy atom. The standard InChI is InChI=1S/C23H14N4O3/c28-21-19(14-8-2-1-3-9-14)25-26-20(24-21)17-12-6-7-13-18(17)27-22(29)15-10-4-5-11-16(15)23(27)30/h1-13H,(H,24,26,28). The maximum atomic E-state index is 12.9. The van der Waals surface area contributed by atoms with Crippen molar-refractivity contribution in [2.45, 2.75) is 0 Å². The molecule has 0 bridgehead atoms. The zero-order chi connectivity index (χ0) is 20.7. The van der Waals surface area contributed by atoms with E-state index >= 15 is 0 Å². The first-order valence-corrected chi connectivity index (χ1v) is 9.25. The second kappa shape index (κ2) is 6.89. The van der Waals surface area contributed by atoms with Crippen LogP contribution in [0.3, 0.4) is 0 Å². The molecule has 0 spiro atoms. The zero-order valence-corrected chi connectivity index (χ0v) is 15.6. The first-order valence-electron chi connectivity index (χ1n) is 9.25. The van der Waals surface area contributed by atoms with Crippen molar-refractivity contribution >= 4 is 17.5 Å². The number of aromatic nitrogens is 3. The van der Waals surface area contributed by atoms with Crippen molar-refractivity contribution in [3.8, 4) is 22.6 Å². The molecule has 7 nitrogen and oxygen atoms in total. The van der Waals surface area contributed by atoms with Crippen LogP contribution in [0.5, 0.6) is 0 Å². The summed E-state index contributed by atoms with van der Waals surface area (Å²) >= 11 is 0. The number of hydrogen-bond donors (Lipinski definition) is 1. The van der Waals surface area contributed by atoms with Gasteiger partial charge in [-0.2, -0.15) is 0 Å². The number of anilines is 1. The molecule has 0 saturated carbocycles. The second-order valence-corrected chi connectivity index (χ2v) is 6.73. The summed E-state index contributed by atoms with van der Waals surface area (Å²) in [6, 6.07) is 22.4. The lowest BCUT2D eigenvalue weighted by molar-refractivity contribution is 0.0926. The van der Waals surface area contributed by atoms with Gasteiger partial charge in [-0.05, 0) is 24.3 Å². The van der Waals surface area contributed by atoms with Gasteiger partial charge in [-0.25, -0.2) is 4.90 Å². The SMILES string of the molecule is O=C1c2ccccc2C(=O)N1c1ccccc1-c1nnc(-c2ccccc2)c(=O)[nH]1. The fraction of sp³-hybridized carbons (Fsp3) is 0. The second-order valence-electron chi connectivity index (χ2n) is 6.73. The zero-order valence-electron chi connectivity index (χ0n) is 15.6. The van der Waals surface area contributed by atoms with Crippen LogP contribution in [-0.4, -0.2) is 27.0 Å². The van der Waals surface area contributed by atoms with E-state index in [0.717, 1.165) is 4.90 Å². The smallest absolute Gasteiger partial charge is 0.278 e. The van der Waals surface area contributed by atoms with E-state index in [0.29, 0.717) is 27.9 Å². The summed E-state index contributed by atoms with van der Waals surface area (Å²) in [7, 11) is 0. The molecule has 1 aliphatic rings. The van der Waals surface area contributed by atoms with Crippen LogP contribution in [0.2, 0.25) is 0 Å². The maximum Gasteiger partial charge on any atom is 0.278 e.